The predicted molar refractivity (Wildman–Crippen MR) is 76.7 cm³/mol. The number of carbonyl (C=O) groups is 1. The van der Waals surface area contributed by atoms with Crippen molar-refractivity contribution in [2.24, 2.45) is 0 Å². The van der Waals surface area contributed by atoms with Gasteiger partial charge < -0.3 is 19.2 Å². The topological polar surface area (TPSA) is 73.4 Å². The van der Waals surface area contributed by atoms with Crippen LogP contribution in [0.25, 0.3) is 11.0 Å². The smallest absolute Gasteiger partial charge is 0.316 e. The van der Waals surface area contributed by atoms with E-state index in [9.17, 15) is 4.79 Å². The zero-order valence-electron chi connectivity index (χ0n) is 12.1. The van der Waals surface area contributed by atoms with Gasteiger partial charge in [-0.05, 0) is 13.8 Å². The molecular weight excluding hydrogens is 272 g/mol. The average Bonchev–Trinajstić information content (AvgIpc) is 2.75. The van der Waals surface area contributed by atoms with Crippen LogP contribution in [-0.2, 0) is 9.53 Å². The summed E-state index contributed by atoms with van der Waals surface area (Å²) in [6, 6.07) is 3.71. The molecule has 21 heavy (non-hydrogen) atoms. The van der Waals surface area contributed by atoms with Crippen LogP contribution in [0.15, 0.2) is 12.1 Å². The number of nitrogens with zero attached hydrogens (tertiary/aromatic N) is 1. The lowest BCUT2D eigenvalue weighted by molar-refractivity contribution is -0.144. The minimum atomic E-state index is -0.431. The van der Waals surface area contributed by atoms with E-state index < -0.39 is 5.92 Å². The van der Waals surface area contributed by atoms with Gasteiger partial charge in [0.25, 0.3) is 0 Å². The van der Waals surface area contributed by atoms with E-state index in [1.165, 1.54) is 0 Å². The van der Waals surface area contributed by atoms with Crippen molar-refractivity contribution in [3.8, 4) is 11.5 Å². The van der Waals surface area contributed by atoms with E-state index in [0.29, 0.717) is 37.1 Å². The van der Waals surface area contributed by atoms with E-state index in [-0.39, 0.29) is 5.97 Å². The number of esters is 1. The highest BCUT2D eigenvalue weighted by atomic mass is 16.5. The van der Waals surface area contributed by atoms with Gasteiger partial charge in [0, 0.05) is 18.6 Å². The fraction of sp³-hybridized carbons (Fsp3) is 0.467. The lowest BCUT2D eigenvalue weighted by atomic mass is 10.2. The van der Waals surface area contributed by atoms with Gasteiger partial charge in [0.05, 0.1) is 30.9 Å². The molecule has 0 bridgehead atoms. The molecule has 3 rings (SSSR count). The number of nitrogens with one attached hydrogen (secondary N) is 1. The predicted octanol–water partition coefficient (Wildman–Crippen LogP) is 2.39. The van der Waals surface area contributed by atoms with Crippen LogP contribution in [0.4, 0.5) is 0 Å². The van der Waals surface area contributed by atoms with Crippen LogP contribution in [0.2, 0.25) is 0 Å². The highest BCUT2D eigenvalue weighted by Gasteiger charge is 2.21. The van der Waals surface area contributed by atoms with Gasteiger partial charge in [-0.15, -0.1) is 0 Å². The maximum absolute atomic E-state index is 11.8. The van der Waals surface area contributed by atoms with E-state index in [1.54, 1.807) is 13.8 Å². The van der Waals surface area contributed by atoms with E-state index in [0.717, 1.165) is 17.5 Å². The normalized spacial score (nSPS) is 15.5. The van der Waals surface area contributed by atoms with Crippen LogP contribution in [-0.4, -0.2) is 35.8 Å². The number of benzene rings is 1. The summed E-state index contributed by atoms with van der Waals surface area (Å²) < 4.78 is 16.3. The van der Waals surface area contributed by atoms with E-state index >= 15 is 0 Å². The number of rotatable bonds is 3. The Balaban J connectivity index is 1.95. The molecular formula is C15H18N2O4. The molecule has 0 amide bonds. The van der Waals surface area contributed by atoms with Gasteiger partial charge in [0.15, 0.2) is 11.5 Å². The minimum Gasteiger partial charge on any atom is -0.489 e. The monoisotopic (exact) mass is 290 g/mol. The Morgan fingerprint density at radius 2 is 2.10 bits per heavy atom. The van der Waals surface area contributed by atoms with Crippen molar-refractivity contribution in [3.05, 3.63) is 18.0 Å². The van der Waals surface area contributed by atoms with Gasteiger partial charge in [0.2, 0.25) is 0 Å². The third kappa shape index (κ3) is 2.66. The first-order chi connectivity index (χ1) is 10.2. The van der Waals surface area contributed by atoms with E-state index in [2.05, 4.69) is 9.97 Å². The third-order valence-corrected chi connectivity index (χ3v) is 3.42. The summed E-state index contributed by atoms with van der Waals surface area (Å²) in [4.78, 5) is 19.4. The standard InChI is InChI=1S/C15H18N2O4/c1-3-19-15(18)9(2)14-16-10-7-12-13(8-11(10)17-14)21-6-4-5-20-12/h7-9H,3-6H2,1-2H3,(H,16,17). The molecule has 0 fully saturated rings. The summed E-state index contributed by atoms with van der Waals surface area (Å²) in [6.07, 6.45) is 0.862. The molecule has 1 N–H and O–H groups in total. The Kier molecular flexibility index (Phi) is 3.68. The number of carbonyl (C=O) groups excluding carboxylic acids is 1. The van der Waals surface area contributed by atoms with Gasteiger partial charge in [-0.1, -0.05) is 0 Å². The molecule has 0 saturated heterocycles. The molecule has 6 heteroatoms. The van der Waals surface area contributed by atoms with Crippen LogP contribution in [0, 0.1) is 0 Å². The van der Waals surface area contributed by atoms with Crippen LogP contribution in [0.3, 0.4) is 0 Å². The zero-order chi connectivity index (χ0) is 14.8. The van der Waals surface area contributed by atoms with Crippen LogP contribution in [0.5, 0.6) is 11.5 Å². The Morgan fingerprint density at radius 1 is 1.38 bits per heavy atom. The number of imidazole rings is 1. The van der Waals surface area contributed by atoms with Crippen LogP contribution >= 0.6 is 0 Å². The SMILES string of the molecule is CCOC(=O)C(C)c1nc2cc3c(cc2[nH]1)OCCCO3. The zero-order valence-corrected chi connectivity index (χ0v) is 12.1. The maximum atomic E-state index is 11.8. The van der Waals surface area contributed by atoms with Crippen molar-refractivity contribution in [3.63, 3.8) is 0 Å². The van der Waals surface area contributed by atoms with Crippen molar-refractivity contribution >= 4 is 17.0 Å². The van der Waals surface area contributed by atoms with Gasteiger partial charge in [-0.3, -0.25) is 4.79 Å². The molecule has 0 aliphatic carbocycles. The van der Waals surface area contributed by atoms with Crippen LogP contribution in [0.1, 0.15) is 32.0 Å². The molecule has 1 atom stereocenters. The molecule has 1 aromatic carbocycles. The summed E-state index contributed by atoms with van der Waals surface area (Å²) in [6.45, 7) is 5.19. The highest BCUT2D eigenvalue weighted by Crippen LogP contribution is 2.34. The Hall–Kier alpha value is -2.24. The van der Waals surface area contributed by atoms with Crippen molar-refractivity contribution in [1.29, 1.82) is 0 Å². The largest absolute Gasteiger partial charge is 0.489 e. The first-order valence-corrected chi connectivity index (χ1v) is 7.15. The van der Waals surface area contributed by atoms with Crippen molar-refractivity contribution < 1.29 is 19.0 Å². The second-order valence-corrected chi connectivity index (χ2v) is 4.96. The summed E-state index contributed by atoms with van der Waals surface area (Å²) in [7, 11) is 0. The number of aromatic amines is 1. The van der Waals surface area contributed by atoms with Crippen molar-refractivity contribution in [1.82, 2.24) is 9.97 Å². The molecule has 112 valence electrons. The molecule has 0 radical (unpaired) electrons. The summed E-state index contributed by atoms with van der Waals surface area (Å²) in [5.74, 6) is 1.27. The van der Waals surface area contributed by atoms with Crippen molar-refractivity contribution in [2.75, 3.05) is 19.8 Å². The van der Waals surface area contributed by atoms with Gasteiger partial charge in [0.1, 0.15) is 11.7 Å². The lowest BCUT2D eigenvalue weighted by Gasteiger charge is -2.06. The molecule has 1 aliphatic heterocycles. The van der Waals surface area contributed by atoms with E-state index in [4.69, 9.17) is 14.2 Å². The molecule has 0 saturated carbocycles. The quantitative estimate of drug-likeness (QED) is 0.879. The van der Waals surface area contributed by atoms with Crippen molar-refractivity contribution in [2.45, 2.75) is 26.2 Å². The first kappa shape index (κ1) is 13.7. The molecule has 1 aromatic heterocycles. The second kappa shape index (κ2) is 5.63. The Morgan fingerprint density at radius 3 is 2.81 bits per heavy atom. The highest BCUT2D eigenvalue weighted by molar-refractivity contribution is 5.82. The number of hydrogen-bond acceptors (Lipinski definition) is 5. The summed E-state index contributed by atoms with van der Waals surface area (Å²) in [5.41, 5.74) is 1.58. The van der Waals surface area contributed by atoms with E-state index in [1.807, 2.05) is 12.1 Å². The number of ether oxygens (including phenoxy) is 3. The lowest BCUT2D eigenvalue weighted by Crippen LogP contribution is -2.14. The average molecular weight is 290 g/mol. The summed E-state index contributed by atoms with van der Waals surface area (Å²) >= 11 is 0. The fourth-order valence-electron chi connectivity index (χ4n) is 2.27. The molecule has 6 nitrogen and oxygen atoms in total. The molecule has 0 spiro atoms. The molecule has 1 unspecified atom stereocenters. The first-order valence-electron chi connectivity index (χ1n) is 7.15. The fourth-order valence-corrected chi connectivity index (χ4v) is 2.27. The molecule has 1 aliphatic rings. The number of aromatic nitrogens is 2. The number of fused-ring (bicyclic) bond motifs is 2. The summed E-state index contributed by atoms with van der Waals surface area (Å²) in [5, 5.41) is 0. The second-order valence-electron chi connectivity index (χ2n) is 4.96. The number of H-pyrrole nitrogens is 1. The molecule has 2 aromatic rings. The van der Waals surface area contributed by atoms with Crippen LogP contribution < -0.4 is 9.47 Å². The Bertz CT molecular complexity index is 622. The molecule has 2 heterocycles. The third-order valence-electron chi connectivity index (χ3n) is 3.42. The van der Waals surface area contributed by atoms with Gasteiger partial charge in [-0.2, -0.15) is 0 Å². The van der Waals surface area contributed by atoms with Gasteiger partial charge >= 0.3 is 5.97 Å². The Labute approximate surface area is 122 Å². The van der Waals surface area contributed by atoms with Gasteiger partial charge in [-0.25, -0.2) is 4.98 Å². The minimum absolute atomic E-state index is 0.286. The maximum Gasteiger partial charge on any atom is 0.316 e. The number of hydrogen-bond donors (Lipinski definition) is 1.